The maximum Gasteiger partial charge on any atom is 0.254 e. The molecular formula is C16H25N3O2. The number of pyridine rings is 1. The Labute approximate surface area is 126 Å². The zero-order chi connectivity index (χ0) is 15.6. The number of rotatable bonds is 3. The maximum absolute atomic E-state index is 12.8. The molecule has 0 saturated carbocycles. The summed E-state index contributed by atoms with van der Waals surface area (Å²) in [5.41, 5.74) is 1.62. The highest BCUT2D eigenvalue weighted by molar-refractivity contribution is 5.95. The molecule has 0 spiro atoms. The molecule has 0 aliphatic carbocycles. The number of morpholine rings is 1. The standard InChI is InChI=1S/C16H25N3O2/c1-10(2)14-6-13(7-15(17-5)18-14)16(20)19-8-12(4)21-9-11(19)3/h6-7,10-12H,8-9H2,1-5H3,(H,17,18). The number of aromatic nitrogens is 1. The van der Waals surface area contributed by atoms with Gasteiger partial charge in [-0.3, -0.25) is 4.79 Å². The summed E-state index contributed by atoms with van der Waals surface area (Å²) < 4.78 is 5.59. The van der Waals surface area contributed by atoms with E-state index in [0.717, 1.165) is 11.5 Å². The van der Waals surface area contributed by atoms with Gasteiger partial charge in [-0.25, -0.2) is 4.98 Å². The van der Waals surface area contributed by atoms with E-state index in [2.05, 4.69) is 24.1 Å². The predicted octanol–water partition coefficient (Wildman–Crippen LogP) is 2.50. The van der Waals surface area contributed by atoms with E-state index >= 15 is 0 Å². The fraction of sp³-hybridized carbons (Fsp3) is 0.625. The van der Waals surface area contributed by atoms with Crippen molar-refractivity contribution in [3.63, 3.8) is 0 Å². The lowest BCUT2D eigenvalue weighted by molar-refractivity contribution is -0.0387. The molecule has 1 amide bonds. The summed E-state index contributed by atoms with van der Waals surface area (Å²) in [7, 11) is 1.82. The summed E-state index contributed by atoms with van der Waals surface area (Å²) >= 11 is 0. The third-order valence-corrected chi connectivity index (χ3v) is 3.81. The van der Waals surface area contributed by atoms with Gasteiger partial charge in [0, 0.05) is 24.8 Å². The zero-order valence-electron chi connectivity index (χ0n) is 13.5. The third kappa shape index (κ3) is 3.53. The van der Waals surface area contributed by atoms with Gasteiger partial charge in [0.25, 0.3) is 5.91 Å². The minimum Gasteiger partial charge on any atom is -0.375 e. The quantitative estimate of drug-likeness (QED) is 0.929. The number of ether oxygens (including phenoxy) is 1. The van der Waals surface area contributed by atoms with Crippen molar-refractivity contribution >= 4 is 11.7 Å². The van der Waals surface area contributed by atoms with Crippen molar-refractivity contribution in [3.8, 4) is 0 Å². The maximum atomic E-state index is 12.8. The SMILES string of the molecule is CNc1cc(C(=O)N2CC(C)OCC2C)cc(C(C)C)n1. The van der Waals surface area contributed by atoms with Crippen LogP contribution in [0.4, 0.5) is 5.82 Å². The lowest BCUT2D eigenvalue weighted by atomic mass is 10.1. The fourth-order valence-corrected chi connectivity index (χ4v) is 2.45. The van der Waals surface area contributed by atoms with Crippen molar-refractivity contribution in [2.45, 2.75) is 45.8 Å². The second kappa shape index (κ2) is 6.43. The number of anilines is 1. The van der Waals surface area contributed by atoms with Crippen LogP contribution in [0.3, 0.4) is 0 Å². The Bertz CT molecular complexity index is 516. The molecule has 2 atom stereocenters. The molecule has 2 heterocycles. The lowest BCUT2D eigenvalue weighted by Crippen LogP contribution is -2.50. The molecule has 2 unspecified atom stereocenters. The van der Waals surface area contributed by atoms with E-state index in [1.807, 2.05) is 37.9 Å². The van der Waals surface area contributed by atoms with Crippen LogP contribution >= 0.6 is 0 Å². The summed E-state index contributed by atoms with van der Waals surface area (Å²) in [4.78, 5) is 19.2. The van der Waals surface area contributed by atoms with Crippen LogP contribution < -0.4 is 5.32 Å². The molecule has 5 heteroatoms. The minimum absolute atomic E-state index is 0.0541. The monoisotopic (exact) mass is 291 g/mol. The Hall–Kier alpha value is -1.62. The van der Waals surface area contributed by atoms with Crippen molar-refractivity contribution in [2.75, 3.05) is 25.5 Å². The Morgan fingerprint density at radius 3 is 2.76 bits per heavy atom. The molecule has 1 N–H and O–H groups in total. The van der Waals surface area contributed by atoms with Crippen LogP contribution in [0.5, 0.6) is 0 Å². The predicted molar refractivity (Wildman–Crippen MR) is 83.8 cm³/mol. The smallest absolute Gasteiger partial charge is 0.254 e. The van der Waals surface area contributed by atoms with Gasteiger partial charge in [-0.05, 0) is 31.9 Å². The first-order valence-corrected chi connectivity index (χ1v) is 7.54. The normalized spacial score (nSPS) is 22.5. The molecule has 1 fully saturated rings. The topological polar surface area (TPSA) is 54.5 Å². The van der Waals surface area contributed by atoms with Gasteiger partial charge < -0.3 is 15.0 Å². The van der Waals surface area contributed by atoms with Crippen LogP contribution in [0.25, 0.3) is 0 Å². The highest BCUT2D eigenvalue weighted by atomic mass is 16.5. The Morgan fingerprint density at radius 2 is 2.14 bits per heavy atom. The molecular weight excluding hydrogens is 266 g/mol. The average Bonchev–Trinajstić information content (AvgIpc) is 2.48. The number of hydrogen-bond acceptors (Lipinski definition) is 4. The minimum atomic E-state index is 0.0541. The first-order valence-electron chi connectivity index (χ1n) is 7.54. The molecule has 1 saturated heterocycles. The summed E-state index contributed by atoms with van der Waals surface area (Å²) in [6.45, 7) is 9.40. The Kier molecular flexibility index (Phi) is 4.83. The molecule has 0 aromatic carbocycles. The molecule has 116 valence electrons. The highest BCUT2D eigenvalue weighted by Gasteiger charge is 2.28. The van der Waals surface area contributed by atoms with E-state index in [4.69, 9.17) is 4.74 Å². The molecule has 1 aliphatic heterocycles. The van der Waals surface area contributed by atoms with Gasteiger partial charge in [-0.1, -0.05) is 13.8 Å². The average molecular weight is 291 g/mol. The summed E-state index contributed by atoms with van der Waals surface area (Å²) in [5.74, 6) is 1.07. The van der Waals surface area contributed by atoms with Gasteiger partial charge in [0.2, 0.25) is 0 Å². The van der Waals surface area contributed by atoms with Crippen LogP contribution in [0, 0.1) is 0 Å². The number of amides is 1. The molecule has 1 aromatic rings. The molecule has 2 rings (SSSR count). The summed E-state index contributed by atoms with van der Waals surface area (Å²) in [6, 6.07) is 3.82. The first-order chi connectivity index (χ1) is 9.92. The van der Waals surface area contributed by atoms with E-state index in [1.165, 1.54) is 0 Å². The van der Waals surface area contributed by atoms with E-state index in [9.17, 15) is 4.79 Å². The highest BCUT2D eigenvalue weighted by Crippen LogP contribution is 2.21. The molecule has 21 heavy (non-hydrogen) atoms. The molecule has 5 nitrogen and oxygen atoms in total. The van der Waals surface area contributed by atoms with Crippen molar-refractivity contribution in [1.82, 2.24) is 9.88 Å². The Morgan fingerprint density at radius 1 is 1.43 bits per heavy atom. The molecule has 0 bridgehead atoms. The number of carbonyl (C=O) groups is 1. The van der Waals surface area contributed by atoms with E-state index in [0.29, 0.717) is 18.7 Å². The number of nitrogens with one attached hydrogen (secondary N) is 1. The van der Waals surface area contributed by atoms with Gasteiger partial charge in [0.05, 0.1) is 18.8 Å². The number of nitrogens with zero attached hydrogens (tertiary/aromatic N) is 2. The lowest BCUT2D eigenvalue weighted by Gasteiger charge is -2.37. The Balaban J connectivity index is 2.31. The van der Waals surface area contributed by atoms with Crippen molar-refractivity contribution in [3.05, 3.63) is 23.4 Å². The first kappa shape index (κ1) is 15.8. The van der Waals surface area contributed by atoms with Gasteiger partial charge in [-0.2, -0.15) is 0 Å². The van der Waals surface area contributed by atoms with E-state index in [-0.39, 0.29) is 24.0 Å². The van der Waals surface area contributed by atoms with Crippen molar-refractivity contribution in [2.24, 2.45) is 0 Å². The summed E-state index contributed by atoms with van der Waals surface area (Å²) in [6.07, 6.45) is 0.0836. The number of carbonyl (C=O) groups excluding carboxylic acids is 1. The zero-order valence-corrected chi connectivity index (χ0v) is 13.5. The fourth-order valence-electron chi connectivity index (χ4n) is 2.45. The largest absolute Gasteiger partial charge is 0.375 e. The summed E-state index contributed by atoms with van der Waals surface area (Å²) in [5, 5.41) is 3.03. The van der Waals surface area contributed by atoms with Crippen LogP contribution in [-0.2, 0) is 4.74 Å². The second-order valence-corrected chi connectivity index (χ2v) is 6.02. The van der Waals surface area contributed by atoms with Crippen molar-refractivity contribution < 1.29 is 9.53 Å². The van der Waals surface area contributed by atoms with E-state index in [1.54, 1.807) is 0 Å². The van der Waals surface area contributed by atoms with Gasteiger partial charge in [-0.15, -0.1) is 0 Å². The molecule has 0 radical (unpaired) electrons. The van der Waals surface area contributed by atoms with Crippen LogP contribution in [0.15, 0.2) is 12.1 Å². The van der Waals surface area contributed by atoms with Gasteiger partial charge in [0.15, 0.2) is 0 Å². The van der Waals surface area contributed by atoms with E-state index < -0.39 is 0 Å². The van der Waals surface area contributed by atoms with Crippen molar-refractivity contribution in [1.29, 1.82) is 0 Å². The third-order valence-electron chi connectivity index (χ3n) is 3.81. The number of hydrogen-bond donors (Lipinski definition) is 1. The van der Waals surface area contributed by atoms with Gasteiger partial charge in [0.1, 0.15) is 5.82 Å². The second-order valence-electron chi connectivity index (χ2n) is 6.02. The van der Waals surface area contributed by atoms with Crippen LogP contribution in [-0.4, -0.2) is 48.1 Å². The van der Waals surface area contributed by atoms with Crippen LogP contribution in [0.1, 0.15) is 49.7 Å². The molecule has 1 aliphatic rings. The molecule has 1 aromatic heterocycles. The van der Waals surface area contributed by atoms with Crippen LogP contribution in [0.2, 0.25) is 0 Å². The van der Waals surface area contributed by atoms with Gasteiger partial charge >= 0.3 is 0 Å².